The van der Waals surface area contributed by atoms with Crippen LogP contribution in [0.4, 0.5) is 0 Å². The molecular formula is C17H22N2. The van der Waals surface area contributed by atoms with E-state index in [4.69, 9.17) is 5.73 Å². The normalized spacial score (nSPS) is 12.4. The van der Waals surface area contributed by atoms with Crippen LogP contribution in [0.15, 0.2) is 36.7 Å². The van der Waals surface area contributed by atoms with Crippen LogP contribution in [0.2, 0.25) is 0 Å². The van der Waals surface area contributed by atoms with Crippen molar-refractivity contribution in [3.63, 3.8) is 0 Å². The lowest BCUT2D eigenvalue weighted by Gasteiger charge is -2.17. The van der Waals surface area contributed by atoms with Crippen LogP contribution >= 0.6 is 0 Å². The molecule has 2 aromatic rings. The van der Waals surface area contributed by atoms with Gasteiger partial charge in [0.25, 0.3) is 0 Å². The lowest BCUT2D eigenvalue weighted by atomic mass is 9.93. The Morgan fingerprint density at radius 2 is 1.63 bits per heavy atom. The van der Waals surface area contributed by atoms with E-state index in [2.05, 4.69) is 50.0 Å². The SMILES string of the molecule is Cc1cc(C)c(C(N)CCc2ccncc2)cc1C. The third-order valence-electron chi connectivity index (χ3n) is 3.78. The quantitative estimate of drug-likeness (QED) is 0.904. The molecule has 2 heteroatoms. The van der Waals surface area contributed by atoms with Crippen molar-refractivity contribution in [1.82, 2.24) is 4.98 Å². The van der Waals surface area contributed by atoms with Gasteiger partial charge < -0.3 is 5.73 Å². The van der Waals surface area contributed by atoms with E-state index in [-0.39, 0.29) is 6.04 Å². The molecule has 2 rings (SSSR count). The van der Waals surface area contributed by atoms with Gasteiger partial charge in [-0.15, -0.1) is 0 Å². The van der Waals surface area contributed by atoms with Crippen molar-refractivity contribution < 1.29 is 0 Å². The highest BCUT2D eigenvalue weighted by Gasteiger charge is 2.10. The maximum Gasteiger partial charge on any atom is 0.0300 e. The van der Waals surface area contributed by atoms with Crippen molar-refractivity contribution >= 4 is 0 Å². The van der Waals surface area contributed by atoms with E-state index in [0.29, 0.717) is 0 Å². The molecule has 0 aliphatic heterocycles. The Bertz CT molecular complexity index is 547. The fourth-order valence-electron chi connectivity index (χ4n) is 2.41. The van der Waals surface area contributed by atoms with Gasteiger partial charge in [-0.25, -0.2) is 0 Å². The first-order valence-corrected chi connectivity index (χ1v) is 6.80. The second-order valence-corrected chi connectivity index (χ2v) is 5.29. The predicted octanol–water partition coefficient (Wildman–Crippen LogP) is 3.64. The monoisotopic (exact) mass is 254 g/mol. The molecule has 0 amide bonds. The number of pyridine rings is 1. The van der Waals surface area contributed by atoms with Crippen molar-refractivity contribution in [2.24, 2.45) is 5.73 Å². The van der Waals surface area contributed by atoms with Gasteiger partial charge >= 0.3 is 0 Å². The first kappa shape index (κ1) is 13.8. The van der Waals surface area contributed by atoms with Crippen LogP contribution in [-0.2, 0) is 6.42 Å². The standard InChI is InChI=1S/C17H22N2/c1-12-10-14(3)16(11-13(12)2)17(18)5-4-15-6-8-19-9-7-15/h6-11,17H,4-5,18H2,1-3H3. The Labute approximate surface area is 115 Å². The molecule has 0 spiro atoms. The number of rotatable bonds is 4. The highest BCUT2D eigenvalue weighted by atomic mass is 14.6. The summed E-state index contributed by atoms with van der Waals surface area (Å²) in [4.78, 5) is 4.03. The molecule has 0 aliphatic rings. The number of hydrogen-bond acceptors (Lipinski definition) is 2. The van der Waals surface area contributed by atoms with E-state index in [0.717, 1.165) is 12.8 Å². The minimum atomic E-state index is 0.104. The van der Waals surface area contributed by atoms with Gasteiger partial charge in [0.2, 0.25) is 0 Å². The third-order valence-corrected chi connectivity index (χ3v) is 3.78. The summed E-state index contributed by atoms with van der Waals surface area (Å²) >= 11 is 0. The molecule has 0 bridgehead atoms. The molecule has 100 valence electrons. The van der Waals surface area contributed by atoms with Gasteiger partial charge in [-0.05, 0) is 73.6 Å². The maximum atomic E-state index is 6.35. The molecule has 2 N–H and O–H groups in total. The lowest BCUT2D eigenvalue weighted by Crippen LogP contribution is -2.13. The summed E-state index contributed by atoms with van der Waals surface area (Å²) < 4.78 is 0. The highest BCUT2D eigenvalue weighted by molar-refractivity contribution is 5.38. The Hall–Kier alpha value is -1.67. The fraction of sp³-hybridized carbons (Fsp3) is 0.353. The number of aryl methyl sites for hydroxylation is 4. The minimum Gasteiger partial charge on any atom is -0.324 e. The van der Waals surface area contributed by atoms with Crippen molar-refractivity contribution in [3.05, 3.63) is 64.5 Å². The van der Waals surface area contributed by atoms with E-state index in [9.17, 15) is 0 Å². The number of nitrogens with two attached hydrogens (primary N) is 1. The van der Waals surface area contributed by atoms with Gasteiger partial charge in [-0.1, -0.05) is 12.1 Å². The lowest BCUT2D eigenvalue weighted by molar-refractivity contribution is 0.647. The Morgan fingerprint density at radius 3 is 2.32 bits per heavy atom. The summed E-state index contributed by atoms with van der Waals surface area (Å²) in [7, 11) is 0. The number of nitrogens with zero attached hydrogens (tertiary/aromatic N) is 1. The van der Waals surface area contributed by atoms with Gasteiger partial charge in [0.05, 0.1) is 0 Å². The maximum absolute atomic E-state index is 6.35. The van der Waals surface area contributed by atoms with E-state index in [1.165, 1.54) is 27.8 Å². The predicted molar refractivity (Wildman–Crippen MR) is 80.1 cm³/mol. The Balaban J connectivity index is 2.08. The number of hydrogen-bond donors (Lipinski definition) is 1. The van der Waals surface area contributed by atoms with Crippen LogP contribution in [0.3, 0.4) is 0 Å². The van der Waals surface area contributed by atoms with E-state index in [1.54, 1.807) is 0 Å². The summed E-state index contributed by atoms with van der Waals surface area (Å²) in [6, 6.07) is 8.69. The molecule has 0 aliphatic carbocycles. The molecule has 0 saturated carbocycles. The third kappa shape index (κ3) is 3.42. The molecule has 2 nitrogen and oxygen atoms in total. The molecule has 0 radical (unpaired) electrons. The number of benzene rings is 1. The summed E-state index contributed by atoms with van der Waals surface area (Å²) in [5.74, 6) is 0. The van der Waals surface area contributed by atoms with Crippen molar-refractivity contribution in [3.8, 4) is 0 Å². The molecule has 1 aromatic heterocycles. The van der Waals surface area contributed by atoms with E-state index < -0.39 is 0 Å². The van der Waals surface area contributed by atoms with Gasteiger partial charge in [-0.2, -0.15) is 0 Å². The van der Waals surface area contributed by atoms with Crippen LogP contribution in [0, 0.1) is 20.8 Å². The van der Waals surface area contributed by atoms with Crippen LogP contribution in [0.1, 0.15) is 40.3 Å². The van der Waals surface area contributed by atoms with Gasteiger partial charge in [0.15, 0.2) is 0 Å². The molecular weight excluding hydrogens is 232 g/mol. The average molecular weight is 254 g/mol. The molecule has 0 saturated heterocycles. The van der Waals surface area contributed by atoms with Crippen LogP contribution < -0.4 is 5.73 Å². The zero-order valence-corrected chi connectivity index (χ0v) is 12.0. The van der Waals surface area contributed by atoms with Gasteiger partial charge in [0, 0.05) is 18.4 Å². The van der Waals surface area contributed by atoms with Gasteiger partial charge in [-0.3, -0.25) is 4.98 Å². The summed E-state index contributed by atoms with van der Waals surface area (Å²) in [5.41, 5.74) is 12.9. The molecule has 19 heavy (non-hydrogen) atoms. The second-order valence-electron chi connectivity index (χ2n) is 5.29. The van der Waals surface area contributed by atoms with Gasteiger partial charge in [0.1, 0.15) is 0 Å². The first-order chi connectivity index (χ1) is 9.08. The zero-order valence-electron chi connectivity index (χ0n) is 12.0. The topological polar surface area (TPSA) is 38.9 Å². The smallest absolute Gasteiger partial charge is 0.0300 e. The molecule has 1 heterocycles. The Kier molecular flexibility index (Phi) is 4.33. The minimum absolute atomic E-state index is 0.104. The van der Waals surface area contributed by atoms with Crippen LogP contribution in [0.25, 0.3) is 0 Å². The summed E-state index contributed by atoms with van der Waals surface area (Å²) in [5, 5.41) is 0. The molecule has 1 aromatic carbocycles. The van der Waals surface area contributed by atoms with E-state index in [1.807, 2.05) is 12.4 Å². The van der Waals surface area contributed by atoms with Crippen molar-refractivity contribution in [2.45, 2.75) is 39.7 Å². The van der Waals surface area contributed by atoms with Crippen molar-refractivity contribution in [1.29, 1.82) is 0 Å². The Morgan fingerprint density at radius 1 is 1.00 bits per heavy atom. The second kappa shape index (κ2) is 5.98. The van der Waals surface area contributed by atoms with E-state index >= 15 is 0 Å². The average Bonchev–Trinajstić information content (AvgIpc) is 2.41. The van der Waals surface area contributed by atoms with Crippen LogP contribution in [0.5, 0.6) is 0 Å². The van der Waals surface area contributed by atoms with Crippen LogP contribution in [-0.4, -0.2) is 4.98 Å². The summed E-state index contributed by atoms with van der Waals surface area (Å²) in [6.45, 7) is 6.44. The molecule has 1 unspecified atom stereocenters. The zero-order chi connectivity index (χ0) is 13.8. The van der Waals surface area contributed by atoms with Crippen molar-refractivity contribution in [2.75, 3.05) is 0 Å². The summed E-state index contributed by atoms with van der Waals surface area (Å²) in [6.07, 6.45) is 5.63. The largest absolute Gasteiger partial charge is 0.324 e. The fourth-order valence-corrected chi connectivity index (χ4v) is 2.41. The molecule has 0 fully saturated rings. The number of aromatic nitrogens is 1. The molecule has 1 atom stereocenters. The highest BCUT2D eigenvalue weighted by Crippen LogP contribution is 2.23. The first-order valence-electron chi connectivity index (χ1n) is 6.80.